The lowest BCUT2D eigenvalue weighted by molar-refractivity contribution is 0.176. The number of benzene rings is 1. The first kappa shape index (κ1) is 18.8. The van der Waals surface area contributed by atoms with E-state index in [2.05, 4.69) is 34.3 Å². The van der Waals surface area contributed by atoms with Crippen LogP contribution in [-0.2, 0) is 23.1 Å². The van der Waals surface area contributed by atoms with Crippen LogP contribution in [-0.4, -0.2) is 31.4 Å². The van der Waals surface area contributed by atoms with E-state index in [1.54, 1.807) is 12.3 Å². The number of piperidine rings is 1. The molecule has 26 heavy (non-hydrogen) atoms. The minimum atomic E-state index is -3.81. The molecular formula is C19H26N4O2S. The number of aromatic nitrogens is 1. The molecule has 0 saturated carbocycles. The Bertz CT molecular complexity index is 854. The Morgan fingerprint density at radius 3 is 2.73 bits per heavy atom. The quantitative estimate of drug-likeness (QED) is 0.811. The highest BCUT2D eigenvalue weighted by Gasteiger charge is 2.18. The fourth-order valence-corrected chi connectivity index (χ4v) is 4.15. The number of anilines is 1. The van der Waals surface area contributed by atoms with Crippen LogP contribution in [0.4, 0.5) is 5.82 Å². The molecule has 1 saturated heterocycles. The lowest BCUT2D eigenvalue weighted by atomic mass is 9.99. The van der Waals surface area contributed by atoms with Crippen molar-refractivity contribution in [1.82, 2.24) is 9.88 Å². The fourth-order valence-electron chi connectivity index (χ4n) is 3.49. The van der Waals surface area contributed by atoms with E-state index in [1.165, 1.54) is 24.5 Å². The van der Waals surface area contributed by atoms with E-state index in [4.69, 9.17) is 5.14 Å². The van der Waals surface area contributed by atoms with Crippen molar-refractivity contribution in [3.8, 4) is 0 Å². The molecule has 1 fully saturated rings. The Morgan fingerprint density at radius 2 is 2.00 bits per heavy atom. The summed E-state index contributed by atoms with van der Waals surface area (Å²) in [6.07, 6.45) is 4.10. The molecule has 2 heterocycles. The molecule has 1 aliphatic rings. The molecule has 1 atom stereocenters. The van der Waals surface area contributed by atoms with Gasteiger partial charge in [0.25, 0.3) is 0 Å². The maximum absolute atomic E-state index is 11.7. The molecule has 0 radical (unpaired) electrons. The number of pyridine rings is 1. The van der Waals surface area contributed by atoms with E-state index in [0.29, 0.717) is 6.54 Å². The number of sulfonamides is 1. The second-order valence-electron chi connectivity index (χ2n) is 7.00. The highest BCUT2D eigenvalue weighted by molar-refractivity contribution is 7.89. The standard InChI is InChI=1S/C19H26N4O2S/c1-15-6-5-11-23(13-15)14-17-8-3-2-7-16(17)12-22-19-18(26(20,24)25)9-4-10-21-19/h2-4,7-10,15H,5-6,11-14H2,1H3,(H,21,22)(H2,20,24,25). The van der Waals surface area contributed by atoms with E-state index in [0.717, 1.165) is 31.1 Å². The zero-order chi connectivity index (χ0) is 18.6. The van der Waals surface area contributed by atoms with Gasteiger partial charge in [-0.3, -0.25) is 4.90 Å². The van der Waals surface area contributed by atoms with Crippen molar-refractivity contribution in [2.45, 2.75) is 37.8 Å². The minimum Gasteiger partial charge on any atom is -0.365 e. The van der Waals surface area contributed by atoms with Crippen molar-refractivity contribution in [3.05, 3.63) is 53.7 Å². The van der Waals surface area contributed by atoms with Gasteiger partial charge in [0.1, 0.15) is 10.7 Å². The predicted octanol–water partition coefficient (Wildman–Crippen LogP) is 2.57. The van der Waals surface area contributed by atoms with Crippen LogP contribution in [0.3, 0.4) is 0 Å². The van der Waals surface area contributed by atoms with Crippen LogP contribution in [0, 0.1) is 5.92 Å². The van der Waals surface area contributed by atoms with Gasteiger partial charge < -0.3 is 5.32 Å². The molecule has 2 aromatic rings. The maximum Gasteiger partial charge on any atom is 0.241 e. The molecule has 7 heteroatoms. The summed E-state index contributed by atoms with van der Waals surface area (Å²) in [6.45, 7) is 5.96. The van der Waals surface area contributed by atoms with Crippen LogP contribution in [0.5, 0.6) is 0 Å². The van der Waals surface area contributed by atoms with Gasteiger partial charge in [0.05, 0.1) is 0 Å². The summed E-state index contributed by atoms with van der Waals surface area (Å²) in [6, 6.07) is 11.3. The summed E-state index contributed by atoms with van der Waals surface area (Å²) in [4.78, 5) is 6.64. The number of nitrogens with one attached hydrogen (secondary N) is 1. The first-order valence-corrected chi connectivity index (χ1v) is 10.5. The Balaban J connectivity index is 1.73. The molecular weight excluding hydrogens is 348 g/mol. The summed E-state index contributed by atoms with van der Waals surface area (Å²) < 4.78 is 23.4. The largest absolute Gasteiger partial charge is 0.365 e. The van der Waals surface area contributed by atoms with Crippen molar-refractivity contribution in [1.29, 1.82) is 0 Å². The molecule has 6 nitrogen and oxygen atoms in total. The van der Waals surface area contributed by atoms with Crippen LogP contribution in [0.1, 0.15) is 30.9 Å². The van der Waals surface area contributed by atoms with Crippen molar-refractivity contribution in [2.24, 2.45) is 11.1 Å². The Morgan fingerprint density at radius 1 is 1.23 bits per heavy atom. The lowest BCUT2D eigenvalue weighted by Crippen LogP contribution is -2.34. The summed E-state index contributed by atoms with van der Waals surface area (Å²) in [5.41, 5.74) is 2.39. The summed E-state index contributed by atoms with van der Waals surface area (Å²) >= 11 is 0. The molecule has 140 valence electrons. The zero-order valence-corrected chi connectivity index (χ0v) is 15.9. The molecule has 1 unspecified atom stereocenters. The lowest BCUT2D eigenvalue weighted by Gasteiger charge is -2.31. The molecule has 3 rings (SSSR count). The van der Waals surface area contributed by atoms with Crippen LogP contribution >= 0.6 is 0 Å². The Labute approximate surface area is 155 Å². The smallest absolute Gasteiger partial charge is 0.241 e. The highest BCUT2D eigenvalue weighted by atomic mass is 32.2. The number of primary sulfonamides is 1. The van der Waals surface area contributed by atoms with Crippen LogP contribution < -0.4 is 10.5 Å². The number of rotatable bonds is 6. The van der Waals surface area contributed by atoms with Crippen molar-refractivity contribution in [2.75, 3.05) is 18.4 Å². The van der Waals surface area contributed by atoms with E-state index >= 15 is 0 Å². The third-order valence-electron chi connectivity index (χ3n) is 4.78. The second-order valence-corrected chi connectivity index (χ2v) is 8.53. The number of nitrogens with two attached hydrogens (primary N) is 1. The highest BCUT2D eigenvalue weighted by Crippen LogP contribution is 2.21. The monoisotopic (exact) mass is 374 g/mol. The van der Waals surface area contributed by atoms with Gasteiger partial charge in [-0.05, 0) is 48.6 Å². The molecule has 1 aliphatic heterocycles. The third kappa shape index (κ3) is 4.81. The van der Waals surface area contributed by atoms with Crippen LogP contribution in [0.15, 0.2) is 47.5 Å². The van der Waals surface area contributed by atoms with Gasteiger partial charge in [0.15, 0.2) is 0 Å². The van der Waals surface area contributed by atoms with Gasteiger partial charge in [-0.25, -0.2) is 18.5 Å². The van der Waals surface area contributed by atoms with Gasteiger partial charge in [-0.2, -0.15) is 0 Å². The normalized spacial score (nSPS) is 18.6. The van der Waals surface area contributed by atoms with Gasteiger partial charge in [0, 0.05) is 25.8 Å². The number of nitrogens with zero attached hydrogens (tertiary/aromatic N) is 2. The number of hydrogen-bond acceptors (Lipinski definition) is 5. The first-order valence-electron chi connectivity index (χ1n) is 8.94. The molecule has 0 amide bonds. The van der Waals surface area contributed by atoms with Crippen LogP contribution in [0.25, 0.3) is 0 Å². The summed E-state index contributed by atoms with van der Waals surface area (Å²) in [5.74, 6) is 1.02. The van der Waals surface area contributed by atoms with Crippen molar-refractivity contribution >= 4 is 15.8 Å². The van der Waals surface area contributed by atoms with Gasteiger partial charge in [-0.15, -0.1) is 0 Å². The van der Waals surface area contributed by atoms with Gasteiger partial charge >= 0.3 is 0 Å². The molecule has 0 bridgehead atoms. The van der Waals surface area contributed by atoms with Crippen molar-refractivity contribution < 1.29 is 8.42 Å². The zero-order valence-electron chi connectivity index (χ0n) is 15.1. The van der Waals surface area contributed by atoms with Crippen molar-refractivity contribution in [3.63, 3.8) is 0 Å². The topological polar surface area (TPSA) is 88.3 Å². The third-order valence-corrected chi connectivity index (χ3v) is 5.72. The first-order chi connectivity index (χ1) is 12.4. The average Bonchev–Trinajstić information content (AvgIpc) is 2.60. The molecule has 3 N–H and O–H groups in total. The Hall–Kier alpha value is -1.96. The molecule has 0 spiro atoms. The second kappa shape index (κ2) is 8.16. The average molecular weight is 375 g/mol. The minimum absolute atomic E-state index is 0.0161. The maximum atomic E-state index is 11.7. The van der Waals surface area contributed by atoms with E-state index in [1.807, 2.05) is 12.1 Å². The van der Waals surface area contributed by atoms with Gasteiger partial charge in [-0.1, -0.05) is 31.2 Å². The Kier molecular flexibility index (Phi) is 5.90. The van der Waals surface area contributed by atoms with E-state index in [-0.39, 0.29) is 10.7 Å². The van der Waals surface area contributed by atoms with E-state index < -0.39 is 10.0 Å². The number of likely N-dealkylation sites (tertiary alicyclic amines) is 1. The SMILES string of the molecule is CC1CCCN(Cc2ccccc2CNc2ncccc2S(N)(=O)=O)C1. The summed E-state index contributed by atoms with van der Waals surface area (Å²) in [7, 11) is -3.81. The molecule has 1 aromatic heterocycles. The number of hydrogen-bond donors (Lipinski definition) is 2. The summed E-state index contributed by atoms with van der Waals surface area (Å²) in [5, 5.41) is 8.41. The fraction of sp³-hybridized carbons (Fsp3) is 0.421. The van der Waals surface area contributed by atoms with Gasteiger partial charge in [0.2, 0.25) is 10.0 Å². The molecule has 0 aliphatic carbocycles. The molecule has 1 aromatic carbocycles. The van der Waals surface area contributed by atoms with Crippen LogP contribution in [0.2, 0.25) is 0 Å². The predicted molar refractivity (Wildman–Crippen MR) is 103 cm³/mol. The van der Waals surface area contributed by atoms with E-state index in [9.17, 15) is 8.42 Å².